The van der Waals surface area contributed by atoms with Crippen LogP contribution < -0.4 is 5.32 Å². The van der Waals surface area contributed by atoms with Crippen LogP contribution in [0.25, 0.3) is 0 Å². The number of aliphatic imine (C=N–C) groups is 1. The lowest BCUT2D eigenvalue weighted by Gasteiger charge is -2.34. The summed E-state index contributed by atoms with van der Waals surface area (Å²) in [6, 6.07) is 12.7. The van der Waals surface area contributed by atoms with Crippen LogP contribution in [0.3, 0.4) is 0 Å². The Labute approximate surface area is 137 Å². The topological polar surface area (TPSA) is 53.7 Å². The number of likely N-dealkylation sites (tertiary alicyclic amines) is 1. The Morgan fingerprint density at radius 3 is 2.70 bits per heavy atom. The van der Waals surface area contributed by atoms with Gasteiger partial charge >= 0.3 is 0 Å². The average Bonchev–Trinajstić information content (AvgIpc) is 3.11. The number of piperidine rings is 1. The molecule has 122 valence electrons. The SMILES string of the molecule is CN=C(NCc1ccon1)N1CCC(Cc2ccccc2)CC1. The van der Waals surface area contributed by atoms with Crippen LogP contribution in [0.5, 0.6) is 0 Å². The second-order valence-corrected chi connectivity index (χ2v) is 6.01. The van der Waals surface area contributed by atoms with Crippen LogP contribution in [0.4, 0.5) is 0 Å². The van der Waals surface area contributed by atoms with Crippen molar-refractivity contribution in [1.82, 2.24) is 15.4 Å². The van der Waals surface area contributed by atoms with E-state index in [-0.39, 0.29) is 0 Å². The molecule has 2 aromatic rings. The lowest BCUT2D eigenvalue weighted by Crippen LogP contribution is -2.45. The zero-order valence-corrected chi connectivity index (χ0v) is 13.6. The number of nitrogens with zero attached hydrogens (tertiary/aromatic N) is 3. The predicted octanol–water partition coefficient (Wildman–Crippen LogP) is 2.70. The third-order valence-electron chi connectivity index (χ3n) is 4.41. The van der Waals surface area contributed by atoms with Crippen LogP contribution in [0.1, 0.15) is 24.1 Å². The third kappa shape index (κ3) is 4.34. The van der Waals surface area contributed by atoms with Gasteiger partial charge in [-0.15, -0.1) is 0 Å². The molecule has 5 heteroatoms. The van der Waals surface area contributed by atoms with Gasteiger partial charge in [0.05, 0.1) is 6.54 Å². The normalized spacial score (nSPS) is 16.6. The largest absolute Gasteiger partial charge is 0.364 e. The van der Waals surface area contributed by atoms with Gasteiger partial charge in [0, 0.05) is 26.2 Å². The lowest BCUT2D eigenvalue weighted by molar-refractivity contribution is 0.258. The molecule has 5 nitrogen and oxygen atoms in total. The second kappa shape index (κ2) is 7.81. The van der Waals surface area contributed by atoms with Crippen LogP contribution in [0.2, 0.25) is 0 Å². The summed E-state index contributed by atoms with van der Waals surface area (Å²) in [5.74, 6) is 1.72. The highest BCUT2D eigenvalue weighted by Gasteiger charge is 2.21. The highest BCUT2D eigenvalue weighted by molar-refractivity contribution is 5.79. The molecule has 23 heavy (non-hydrogen) atoms. The molecule has 0 atom stereocenters. The van der Waals surface area contributed by atoms with E-state index in [0.717, 1.165) is 30.7 Å². The third-order valence-corrected chi connectivity index (χ3v) is 4.41. The summed E-state index contributed by atoms with van der Waals surface area (Å²) in [6.07, 6.45) is 5.19. The zero-order chi connectivity index (χ0) is 15.9. The summed E-state index contributed by atoms with van der Waals surface area (Å²) in [5, 5.41) is 7.28. The van der Waals surface area contributed by atoms with Crippen LogP contribution >= 0.6 is 0 Å². The summed E-state index contributed by atoms with van der Waals surface area (Å²) >= 11 is 0. The van der Waals surface area contributed by atoms with E-state index in [1.807, 2.05) is 13.1 Å². The van der Waals surface area contributed by atoms with Gasteiger partial charge in [-0.25, -0.2) is 0 Å². The van der Waals surface area contributed by atoms with Crippen molar-refractivity contribution in [2.45, 2.75) is 25.8 Å². The maximum Gasteiger partial charge on any atom is 0.193 e. The molecule has 0 spiro atoms. The van der Waals surface area contributed by atoms with Gasteiger partial charge in [-0.1, -0.05) is 35.5 Å². The van der Waals surface area contributed by atoms with E-state index in [1.54, 1.807) is 6.26 Å². The van der Waals surface area contributed by atoms with Crippen molar-refractivity contribution < 1.29 is 4.52 Å². The van der Waals surface area contributed by atoms with E-state index >= 15 is 0 Å². The molecule has 1 fully saturated rings. The molecule has 1 aliphatic rings. The fraction of sp³-hybridized carbons (Fsp3) is 0.444. The van der Waals surface area contributed by atoms with Crippen molar-refractivity contribution in [1.29, 1.82) is 0 Å². The number of nitrogens with one attached hydrogen (secondary N) is 1. The van der Waals surface area contributed by atoms with Crippen LogP contribution in [0, 0.1) is 5.92 Å². The standard InChI is InChI=1S/C18H24N4O/c1-19-18(20-14-17-9-12-23-21-17)22-10-7-16(8-11-22)13-15-5-3-2-4-6-15/h2-6,9,12,16H,7-8,10-11,13-14H2,1H3,(H,19,20). The van der Waals surface area contributed by atoms with Gasteiger partial charge in [0.2, 0.25) is 0 Å². The number of guanidine groups is 1. The van der Waals surface area contributed by atoms with E-state index in [9.17, 15) is 0 Å². The first kappa shape index (κ1) is 15.6. The summed E-state index contributed by atoms with van der Waals surface area (Å²) in [7, 11) is 1.83. The van der Waals surface area contributed by atoms with Crippen LogP contribution in [0.15, 0.2) is 52.2 Å². The van der Waals surface area contributed by atoms with E-state index in [1.165, 1.54) is 24.8 Å². The Bertz CT molecular complexity index is 601. The fourth-order valence-corrected chi connectivity index (χ4v) is 3.13. The molecular weight excluding hydrogens is 288 g/mol. The predicted molar refractivity (Wildman–Crippen MR) is 91.1 cm³/mol. The Hall–Kier alpha value is -2.30. The maximum atomic E-state index is 4.85. The zero-order valence-electron chi connectivity index (χ0n) is 13.6. The Morgan fingerprint density at radius 2 is 2.04 bits per heavy atom. The molecule has 0 saturated carbocycles. The first-order chi connectivity index (χ1) is 11.3. The van der Waals surface area contributed by atoms with Gasteiger partial charge in [-0.05, 0) is 30.7 Å². The van der Waals surface area contributed by atoms with Gasteiger partial charge in [0.25, 0.3) is 0 Å². The Kier molecular flexibility index (Phi) is 5.29. The van der Waals surface area contributed by atoms with Crippen molar-refractivity contribution >= 4 is 5.96 Å². The molecule has 1 N–H and O–H groups in total. The molecule has 2 heterocycles. The molecule has 1 aliphatic heterocycles. The molecule has 0 amide bonds. The molecule has 1 saturated heterocycles. The summed E-state index contributed by atoms with van der Waals surface area (Å²) in [4.78, 5) is 6.73. The smallest absolute Gasteiger partial charge is 0.193 e. The van der Waals surface area contributed by atoms with E-state index in [4.69, 9.17) is 4.52 Å². The molecular formula is C18H24N4O. The Balaban J connectivity index is 1.47. The minimum Gasteiger partial charge on any atom is -0.364 e. The van der Waals surface area contributed by atoms with Gasteiger partial charge in [0.15, 0.2) is 5.96 Å². The molecule has 0 aliphatic carbocycles. The van der Waals surface area contributed by atoms with Crippen LogP contribution in [-0.4, -0.2) is 36.2 Å². The number of aromatic nitrogens is 1. The molecule has 0 unspecified atom stereocenters. The van der Waals surface area contributed by atoms with Crippen molar-refractivity contribution in [3.8, 4) is 0 Å². The van der Waals surface area contributed by atoms with Crippen molar-refractivity contribution in [3.05, 3.63) is 53.9 Å². The minimum absolute atomic E-state index is 0.646. The lowest BCUT2D eigenvalue weighted by atomic mass is 9.90. The molecule has 0 bridgehead atoms. The minimum atomic E-state index is 0.646. The molecule has 0 radical (unpaired) electrons. The van der Waals surface area contributed by atoms with Crippen molar-refractivity contribution in [2.24, 2.45) is 10.9 Å². The van der Waals surface area contributed by atoms with Crippen molar-refractivity contribution in [3.63, 3.8) is 0 Å². The van der Waals surface area contributed by atoms with E-state index in [2.05, 4.69) is 50.7 Å². The quantitative estimate of drug-likeness (QED) is 0.697. The number of hydrogen-bond acceptors (Lipinski definition) is 3. The average molecular weight is 312 g/mol. The maximum absolute atomic E-state index is 4.85. The van der Waals surface area contributed by atoms with Gasteiger partial charge in [0.1, 0.15) is 12.0 Å². The summed E-state index contributed by atoms with van der Waals surface area (Å²) < 4.78 is 4.85. The van der Waals surface area contributed by atoms with Gasteiger partial charge in [-0.2, -0.15) is 0 Å². The van der Waals surface area contributed by atoms with Crippen LogP contribution in [-0.2, 0) is 13.0 Å². The number of benzene rings is 1. The fourth-order valence-electron chi connectivity index (χ4n) is 3.13. The first-order valence-corrected chi connectivity index (χ1v) is 8.24. The van der Waals surface area contributed by atoms with Crippen molar-refractivity contribution in [2.75, 3.05) is 20.1 Å². The highest BCUT2D eigenvalue weighted by Crippen LogP contribution is 2.21. The first-order valence-electron chi connectivity index (χ1n) is 8.24. The molecule has 3 rings (SSSR count). The number of hydrogen-bond donors (Lipinski definition) is 1. The summed E-state index contributed by atoms with van der Waals surface area (Å²) in [6.45, 7) is 2.75. The second-order valence-electron chi connectivity index (χ2n) is 6.01. The molecule has 1 aromatic heterocycles. The van der Waals surface area contributed by atoms with E-state index in [0.29, 0.717) is 6.54 Å². The van der Waals surface area contributed by atoms with E-state index < -0.39 is 0 Å². The monoisotopic (exact) mass is 312 g/mol. The number of rotatable bonds is 4. The van der Waals surface area contributed by atoms with Gasteiger partial charge < -0.3 is 14.7 Å². The highest BCUT2D eigenvalue weighted by atomic mass is 16.5. The van der Waals surface area contributed by atoms with Gasteiger partial charge in [-0.3, -0.25) is 4.99 Å². The summed E-state index contributed by atoms with van der Waals surface area (Å²) in [5.41, 5.74) is 2.34. The Morgan fingerprint density at radius 1 is 1.26 bits per heavy atom. The molecule has 1 aromatic carbocycles.